The van der Waals surface area contributed by atoms with Crippen LogP contribution in [0.15, 0.2) is 34.2 Å². The largest absolute Gasteiger partial charge is 0.335 e. The monoisotopic (exact) mass is 376 g/mol. The minimum atomic E-state index is -3.50. The molecule has 2 N–H and O–H groups in total. The van der Waals surface area contributed by atoms with Gasteiger partial charge in [-0.05, 0) is 44.4 Å². The van der Waals surface area contributed by atoms with Crippen molar-refractivity contribution in [3.05, 3.63) is 29.8 Å². The summed E-state index contributed by atoms with van der Waals surface area (Å²) >= 11 is 0. The van der Waals surface area contributed by atoms with Gasteiger partial charge in [0.2, 0.25) is 5.91 Å². The quantitative estimate of drug-likeness (QED) is 0.763. The summed E-state index contributed by atoms with van der Waals surface area (Å²) in [5.41, 5.74) is 0.607. The van der Waals surface area contributed by atoms with Gasteiger partial charge in [0.1, 0.15) is 5.84 Å². The Morgan fingerprint density at radius 3 is 2.88 bits per heavy atom. The highest BCUT2D eigenvalue weighted by molar-refractivity contribution is 7.90. The van der Waals surface area contributed by atoms with E-state index in [2.05, 4.69) is 19.9 Å². The Morgan fingerprint density at radius 1 is 1.19 bits per heavy atom. The first-order valence-electron chi connectivity index (χ1n) is 9.25. The molecule has 26 heavy (non-hydrogen) atoms. The maximum atomic E-state index is 12.6. The van der Waals surface area contributed by atoms with Gasteiger partial charge in [-0.2, -0.15) is 0 Å². The maximum absolute atomic E-state index is 12.6. The normalized spacial score (nSPS) is 27.8. The lowest BCUT2D eigenvalue weighted by atomic mass is 10.1. The standard InChI is InChI=1S/C18H24N4O3S/c23-17(22-13-7-8-14(22)12-19-11-9-13)6-3-10-20-18-15-4-1-2-5-16(15)26(24,25)21-18/h1-2,4-5,13-14,19H,3,6-12H2,(H,20,21). The number of nitrogens with zero attached hydrogens (tertiary/aromatic N) is 2. The van der Waals surface area contributed by atoms with Crippen LogP contribution in [0.1, 0.15) is 37.7 Å². The van der Waals surface area contributed by atoms with Crippen molar-refractivity contribution in [1.82, 2.24) is 14.9 Å². The Hall–Kier alpha value is -1.93. The van der Waals surface area contributed by atoms with E-state index in [1.54, 1.807) is 24.3 Å². The molecule has 0 spiro atoms. The molecule has 3 aliphatic rings. The van der Waals surface area contributed by atoms with Gasteiger partial charge in [-0.15, -0.1) is 0 Å². The summed E-state index contributed by atoms with van der Waals surface area (Å²) in [6, 6.07) is 7.52. The first-order valence-corrected chi connectivity index (χ1v) is 10.7. The van der Waals surface area contributed by atoms with Crippen LogP contribution in [0.4, 0.5) is 0 Å². The molecule has 0 radical (unpaired) electrons. The van der Waals surface area contributed by atoms with Gasteiger partial charge in [-0.1, -0.05) is 12.1 Å². The summed E-state index contributed by atoms with van der Waals surface area (Å²) in [5.74, 6) is 0.584. The number of amidine groups is 1. The van der Waals surface area contributed by atoms with Crippen LogP contribution >= 0.6 is 0 Å². The Bertz CT molecular complexity index is 823. The number of carbonyl (C=O) groups excluding carboxylic acids is 1. The summed E-state index contributed by atoms with van der Waals surface area (Å²) in [6.45, 7) is 2.31. The lowest BCUT2D eigenvalue weighted by molar-refractivity contribution is -0.133. The number of hydrogen-bond donors (Lipinski definition) is 2. The first-order chi connectivity index (χ1) is 12.6. The van der Waals surface area contributed by atoms with Gasteiger partial charge < -0.3 is 10.2 Å². The zero-order chi connectivity index (χ0) is 18.1. The molecule has 8 heteroatoms. The molecule has 0 aromatic heterocycles. The van der Waals surface area contributed by atoms with Crippen molar-refractivity contribution in [2.45, 2.75) is 49.1 Å². The van der Waals surface area contributed by atoms with Crippen molar-refractivity contribution in [2.75, 3.05) is 19.6 Å². The van der Waals surface area contributed by atoms with Crippen molar-refractivity contribution < 1.29 is 13.2 Å². The smallest absolute Gasteiger partial charge is 0.263 e. The fourth-order valence-corrected chi connectivity index (χ4v) is 5.44. The zero-order valence-corrected chi connectivity index (χ0v) is 15.5. The number of rotatable bonds is 4. The van der Waals surface area contributed by atoms with Crippen LogP contribution in [-0.2, 0) is 14.8 Å². The van der Waals surface area contributed by atoms with Crippen molar-refractivity contribution >= 4 is 21.8 Å². The van der Waals surface area contributed by atoms with Crippen LogP contribution in [0, 0.1) is 0 Å². The van der Waals surface area contributed by atoms with Gasteiger partial charge in [0, 0.05) is 37.2 Å². The van der Waals surface area contributed by atoms with Crippen LogP contribution in [-0.4, -0.2) is 56.8 Å². The van der Waals surface area contributed by atoms with Gasteiger partial charge in [0.25, 0.3) is 10.0 Å². The third kappa shape index (κ3) is 3.23. The Labute approximate surface area is 153 Å². The lowest BCUT2D eigenvalue weighted by Crippen LogP contribution is -2.42. The van der Waals surface area contributed by atoms with Crippen molar-refractivity contribution in [3.8, 4) is 0 Å². The molecule has 4 rings (SSSR count). The molecule has 1 amide bonds. The van der Waals surface area contributed by atoms with Crippen LogP contribution in [0.2, 0.25) is 0 Å². The van der Waals surface area contributed by atoms with Gasteiger partial charge >= 0.3 is 0 Å². The van der Waals surface area contributed by atoms with E-state index in [1.807, 2.05) is 0 Å². The molecule has 2 bridgehead atoms. The lowest BCUT2D eigenvalue weighted by Gasteiger charge is -2.27. The highest BCUT2D eigenvalue weighted by Crippen LogP contribution is 2.28. The predicted octanol–water partition coefficient (Wildman–Crippen LogP) is 0.858. The Kier molecular flexibility index (Phi) is 4.71. The van der Waals surface area contributed by atoms with Crippen LogP contribution in [0.5, 0.6) is 0 Å². The van der Waals surface area contributed by atoms with Crippen molar-refractivity contribution in [3.63, 3.8) is 0 Å². The molecular weight excluding hydrogens is 352 g/mol. The zero-order valence-electron chi connectivity index (χ0n) is 14.6. The number of carbonyl (C=O) groups is 1. The van der Waals surface area contributed by atoms with E-state index in [0.717, 1.165) is 32.4 Å². The number of aliphatic imine (C=N–C) groups is 1. The molecule has 2 unspecified atom stereocenters. The molecule has 1 aromatic rings. The van der Waals surface area contributed by atoms with Crippen molar-refractivity contribution in [1.29, 1.82) is 0 Å². The molecule has 0 aliphatic carbocycles. The number of nitrogens with one attached hydrogen (secondary N) is 2. The SMILES string of the molecule is O=C(CCCN=C1NS(=O)(=O)c2ccccc21)N1C2CCNCC1CC2. The summed E-state index contributed by atoms with van der Waals surface area (Å²) in [5, 5.41) is 3.40. The Morgan fingerprint density at radius 2 is 2.00 bits per heavy atom. The van der Waals surface area contributed by atoms with Gasteiger partial charge in [-0.3, -0.25) is 14.5 Å². The van der Waals surface area contributed by atoms with E-state index in [1.165, 1.54) is 0 Å². The third-order valence-electron chi connectivity index (χ3n) is 5.42. The predicted molar refractivity (Wildman–Crippen MR) is 98.5 cm³/mol. The minimum absolute atomic E-state index is 0.203. The van der Waals surface area contributed by atoms with Crippen LogP contribution in [0.25, 0.3) is 0 Å². The van der Waals surface area contributed by atoms with Gasteiger partial charge in [0.05, 0.1) is 4.90 Å². The summed E-state index contributed by atoms with van der Waals surface area (Å²) in [6.07, 6.45) is 4.31. The second-order valence-electron chi connectivity index (χ2n) is 7.11. The highest BCUT2D eigenvalue weighted by Gasteiger charge is 2.37. The Balaban J connectivity index is 1.36. The topological polar surface area (TPSA) is 90.9 Å². The number of amides is 1. The molecule has 0 saturated carbocycles. The fourth-order valence-electron chi connectivity index (χ4n) is 4.19. The van der Waals surface area contributed by atoms with Crippen LogP contribution in [0.3, 0.4) is 0 Å². The fraction of sp³-hybridized carbons (Fsp3) is 0.556. The summed E-state index contributed by atoms with van der Waals surface area (Å²) in [4.78, 5) is 19.4. The minimum Gasteiger partial charge on any atom is -0.335 e. The molecular formula is C18H24N4O3S. The maximum Gasteiger partial charge on any atom is 0.263 e. The molecule has 1 aromatic carbocycles. The summed E-state index contributed by atoms with van der Waals surface area (Å²) < 4.78 is 26.6. The van der Waals surface area contributed by atoms with E-state index < -0.39 is 10.0 Å². The third-order valence-corrected chi connectivity index (χ3v) is 6.82. The molecule has 3 aliphatic heterocycles. The molecule has 3 heterocycles. The first kappa shape index (κ1) is 17.5. The summed E-state index contributed by atoms with van der Waals surface area (Å²) in [7, 11) is -3.50. The number of benzene rings is 1. The van der Waals surface area contributed by atoms with E-state index in [9.17, 15) is 13.2 Å². The molecule has 7 nitrogen and oxygen atoms in total. The molecule has 2 saturated heterocycles. The van der Waals surface area contributed by atoms with E-state index >= 15 is 0 Å². The van der Waals surface area contributed by atoms with Gasteiger partial charge in [-0.25, -0.2) is 8.42 Å². The molecule has 2 fully saturated rings. The number of fused-ring (bicyclic) bond motifs is 3. The number of hydrogen-bond acceptors (Lipinski definition) is 5. The average molecular weight is 376 g/mol. The van der Waals surface area contributed by atoms with E-state index in [4.69, 9.17) is 0 Å². The number of sulfonamides is 1. The van der Waals surface area contributed by atoms with Crippen molar-refractivity contribution in [2.24, 2.45) is 4.99 Å². The highest BCUT2D eigenvalue weighted by atomic mass is 32.2. The average Bonchev–Trinajstić information content (AvgIpc) is 3.04. The molecule has 140 valence electrons. The second kappa shape index (κ2) is 7.00. The van der Waals surface area contributed by atoms with E-state index in [0.29, 0.717) is 42.9 Å². The van der Waals surface area contributed by atoms with E-state index in [-0.39, 0.29) is 10.8 Å². The van der Waals surface area contributed by atoms with Gasteiger partial charge in [0.15, 0.2) is 0 Å². The molecule has 2 atom stereocenters. The second-order valence-corrected chi connectivity index (χ2v) is 8.77. The van der Waals surface area contributed by atoms with Crippen LogP contribution < -0.4 is 10.0 Å².